The largest absolute Gasteiger partial charge is 0.374 e. The lowest BCUT2D eigenvalue weighted by Gasteiger charge is -2.33. The Morgan fingerprint density at radius 2 is 2.19 bits per heavy atom. The summed E-state index contributed by atoms with van der Waals surface area (Å²) in [6.07, 6.45) is 1.27. The molecule has 2 rings (SSSR count). The lowest BCUT2D eigenvalue weighted by molar-refractivity contribution is -0.120. The molecule has 0 unspecified atom stereocenters. The van der Waals surface area contributed by atoms with Gasteiger partial charge in [-0.15, -0.1) is 0 Å². The molecular weight excluding hydrogens is 264 g/mol. The summed E-state index contributed by atoms with van der Waals surface area (Å²) < 4.78 is 5.69. The van der Waals surface area contributed by atoms with Crippen molar-refractivity contribution in [2.75, 3.05) is 32.8 Å². The van der Waals surface area contributed by atoms with Crippen molar-refractivity contribution in [1.82, 2.24) is 10.2 Å². The van der Waals surface area contributed by atoms with Crippen LogP contribution in [0, 0.1) is 0 Å². The van der Waals surface area contributed by atoms with Crippen LogP contribution in [0.25, 0.3) is 0 Å². The van der Waals surface area contributed by atoms with Crippen molar-refractivity contribution in [3.8, 4) is 0 Å². The van der Waals surface area contributed by atoms with Crippen molar-refractivity contribution in [2.45, 2.75) is 32.3 Å². The summed E-state index contributed by atoms with van der Waals surface area (Å²) in [5, 5.41) is 2.84. The fourth-order valence-corrected chi connectivity index (χ4v) is 2.69. The van der Waals surface area contributed by atoms with E-state index in [1.165, 1.54) is 5.56 Å². The Balaban J connectivity index is 1.74. The van der Waals surface area contributed by atoms with E-state index in [-0.39, 0.29) is 12.0 Å². The predicted molar refractivity (Wildman–Crippen MR) is 84.3 cm³/mol. The van der Waals surface area contributed by atoms with Crippen LogP contribution < -0.4 is 5.32 Å². The molecule has 1 amide bonds. The third-order valence-corrected chi connectivity index (χ3v) is 4.05. The lowest BCUT2D eigenvalue weighted by atomic mass is 9.97. The quantitative estimate of drug-likeness (QED) is 0.871. The predicted octanol–water partition coefficient (Wildman–Crippen LogP) is 2.02. The van der Waals surface area contributed by atoms with Gasteiger partial charge in [-0.05, 0) is 24.4 Å². The second kappa shape index (κ2) is 8.15. The zero-order valence-electron chi connectivity index (χ0n) is 13.0. The van der Waals surface area contributed by atoms with Gasteiger partial charge in [0.05, 0.1) is 12.7 Å². The third-order valence-electron chi connectivity index (χ3n) is 4.05. The smallest absolute Gasteiger partial charge is 0.216 e. The van der Waals surface area contributed by atoms with Gasteiger partial charge in [-0.2, -0.15) is 0 Å². The highest BCUT2D eigenvalue weighted by atomic mass is 16.5. The first-order valence-corrected chi connectivity index (χ1v) is 7.78. The van der Waals surface area contributed by atoms with E-state index in [0.717, 1.165) is 32.7 Å². The number of nitrogens with zero attached hydrogens (tertiary/aromatic N) is 1. The molecule has 0 aromatic heterocycles. The highest BCUT2D eigenvalue weighted by Crippen LogP contribution is 2.19. The van der Waals surface area contributed by atoms with Crippen LogP contribution in [0.1, 0.15) is 31.7 Å². The van der Waals surface area contributed by atoms with Crippen LogP contribution in [0.2, 0.25) is 0 Å². The first kappa shape index (κ1) is 16.0. The second-order valence-corrected chi connectivity index (χ2v) is 5.83. The van der Waals surface area contributed by atoms with E-state index in [0.29, 0.717) is 12.5 Å². The fraction of sp³-hybridized carbons (Fsp3) is 0.588. The molecule has 0 spiro atoms. The molecule has 4 nitrogen and oxygen atoms in total. The molecule has 1 aromatic carbocycles. The highest BCUT2D eigenvalue weighted by molar-refractivity contribution is 5.72. The minimum absolute atomic E-state index is 0.00780. The molecule has 2 atom stereocenters. The summed E-state index contributed by atoms with van der Waals surface area (Å²) in [7, 11) is 0. The van der Waals surface area contributed by atoms with Gasteiger partial charge >= 0.3 is 0 Å². The van der Waals surface area contributed by atoms with Crippen molar-refractivity contribution >= 4 is 5.91 Å². The standard InChI is InChI=1S/C17H26N2O2/c1-14(16-6-4-3-5-7-16)8-9-19-10-11-21-17(13-19)12-18-15(2)20/h3-7,14,17H,8-13H2,1-2H3,(H,18,20)/t14-,17-/m1/s1. The summed E-state index contributed by atoms with van der Waals surface area (Å²) in [5.74, 6) is 0.580. The van der Waals surface area contributed by atoms with Crippen LogP contribution >= 0.6 is 0 Å². The zero-order valence-corrected chi connectivity index (χ0v) is 13.0. The molecule has 1 aromatic rings. The van der Waals surface area contributed by atoms with E-state index in [1.54, 1.807) is 6.92 Å². The molecule has 1 saturated heterocycles. The van der Waals surface area contributed by atoms with Crippen molar-refractivity contribution in [1.29, 1.82) is 0 Å². The lowest BCUT2D eigenvalue weighted by Crippen LogP contribution is -2.47. The summed E-state index contributed by atoms with van der Waals surface area (Å²) in [4.78, 5) is 13.4. The van der Waals surface area contributed by atoms with Gasteiger partial charge in [0.15, 0.2) is 0 Å². The molecule has 116 valence electrons. The van der Waals surface area contributed by atoms with Gasteiger partial charge in [0.1, 0.15) is 0 Å². The average molecular weight is 290 g/mol. The number of hydrogen-bond donors (Lipinski definition) is 1. The molecule has 1 aliphatic rings. The molecule has 1 N–H and O–H groups in total. The van der Waals surface area contributed by atoms with Crippen molar-refractivity contribution in [3.63, 3.8) is 0 Å². The van der Waals surface area contributed by atoms with Crippen LogP contribution in [0.5, 0.6) is 0 Å². The second-order valence-electron chi connectivity index (χ2n) is 5.83. The number of carbonyl (C=O) groups is 1. The van der Waals surface area contributed by atoms with Gasteiger partial charge in [-0.25, -0.2) is 0 Å². The summed E-state index contributed by atoms with van der Waals surface area (Å²) in [5.41, 5.74) is 1.40. The van der Waals surface area contributed by atoms with Crippen molar-refractivity contribution in [3.05, 3.63) is 35.9 Å². The van der Waals surface area contributed by atoms with Gasteiger partial charge in [-0.1, -0.05) is 37.3 Å². The molecule has 4 heteroatoms. The minimum atomic E-state index is 0.00780. The van der Waals surface area contributed by atoms with E-state index in [9.17, 15) is 4.79 Å². The van der Waals surface area contributed by atoms with E-state index in [4.69, 9.17) is 4.74 Å². The van der Waals surface area contributed by atoms with E-state index in [2.05, 4.69) is 47.5 Å². The maximum atomic E-state index is 11.0. The Kier molecular flexibility index (Phi) is 6.21. The molecule has 0 saturated carbocycles. The third kappa shape index (κ3) is 5.48. The fourth-order valence-electron chi connectivity index (χ4n) is 2.69. The minimum Gasteiger partial charge on any atom is -0.374 e. The van der Waals surface area contributed by atoms with E-state index in [1.807, 2.05) is 0 Å². The molecule has 0 aliphatic carbocycles. The van der Waals surface area contributed by atoms with Gasteiger partial charge in [0.25, 0.3) is 0 Å². The molecule has 0 bridgehead atoms. The topological polar surface area (TPSA) is 41.6 Å². The Labute approximate surface area is 127 Å². The Morgan fingerprint density at radius 1 is 1.43 bits per heavy atom. The van der Waals surface area contributed by atoms with Crippen LogP contribution in [0.3, 0.4) is 0 Å². The molecule has 1 heterocycles. The maximum Gasteiger partial charge on any atom is 0.216 e. The summed E-state index contributed by atoms with van der Waals surface area (Å²) >= 11 is 0. The number of morpholine rings is 1. The summed E-state index contributed by atoms with van der Waals surface area (Å²) in [6, 6.07) is 10.7. The molecule has 0 radical (unpaired) electrons. The van der Waals surface area contributed by atoms with Crippen LogP contribution in [0.4, 0.5) is 0 Å². The zero-order chi connectivity index (χ0) is 15.1. The normalized spacial score (nSPS) is 21.0. The van der Waals surface area contributed by atoms with Crippen molar-refractivity contribution < 1.29 is 9.53 Å². The van der Waals surface area contributed by atoms with Crippen molar-refractivity contribution in [2.24, 2.45) is 0 Å². The van der Waals surface area contributed by atoms with Gasteiger partial charge in [0.2, 0.25) is 5.91 Å². The number of hydrogen-bond acceptors (Lipinski definition) is 3. The average Bonchev–Trinajstić information content (AvgIpc) is 2.52. The number of rotatable bonds is 6. The Hall–Kier alpha value is -1.39. The molecule has 21 heavy (non-hydrogen) atoms. The van der Waals surface area contributed by atoms with Gasteiger partial charge < -0.3 is 10.1 Å². The monoisotopic (exact) mass is 290 g/mol. The molecule has 1 fully saturated rings. The highest BCUT2D eigenvalue weighted by Gasteiger charge is 2.20. The van der Waals surface area contributed by atoms with E-state index >= 15 is 0 Å². The van der Waals surface area contributed by atoms with E-state index < -0.39 is 0 Å². The van der Waals surface area contributed by atoms with Crippen LogP contribution in [-0.4, -0.2) is 49.7 Å². The molecule has 1 aliphatic heterocycles. The number of benzene rings is 1. The van der Waals surface area contributed by atoms with Gasteiger partial charge in [0, 0.05) is 26.6 Å². The van der Waals surface area contributed by atoms with Gasteiger partial charge in [-0.3, -0.25) is 9.69 Å². The Bertz CT molecular complexity index is 436. The summed E-state index contributed by atoms with van der Waals surface area (Å²) in [6.45, 7) is 8.16. The first-order valence-electron chi connectivity index (χ1n) is 7.78. The number of ether oxygens (including phenoxy) is 1. The molecular formula is C17H26N2O2. The van der Waals surface area contributed by atoms with Crippen LogP contribution in [-0.2, 0) is 9.53 Å². The SMILES string of the molecule is CC(=O)NC[C@@H]1CN(CC[C@@H](C)c2ccccc2)CCO1. The Morgan fingerprint density at radius 3 is 2.90 bits per heavy atom. The number of amides is 1. The maximum absolute atomic E-state index is 11.0. The number of carbonyl (C=O) groups excluding carboxylic acids is 1. The number of nitrogens with one attached hydrogen (secondary N) is 1. The van der Waals surface area contributed by atoms with Crippen LogP contribution in [0.15, 0.2) is 30.3 Å². The first-order chi connectivity index (χ1) is 10.1.